The molecule has 0 bridgehead atoms. The van der Waals surface area contributed by atoms with Crippen LogP contribution in [0.3, 0.4) is 0 Å². The minimum atomic E-state index is -0.316. The first-order valence-electron chi connectivity index (χ1n) is 8.95. The average Bonchev–Trinajstić information content (AvgIpc) is 3.38. The smallest absolute Gasteiger partial charge is 0.251 e. The summed E-state index contributed by atoms with van der Waals surface area (Å²) in [5, 5.41) is 11.2. The predicted octanol–water partition coefficient (Wildman–Crippen LogP) is 3.19. The van der Waals surface area contributed by atoms with E-state index >= 15 is 0 Å². The number of nitrogens with one attached hydrogen (secondary N) is 1. The molecule has 0 spiro atoms. The van der Waals surface area contributed by atoms with E-state index in [0.29, 0.717) is 35.1 Å². The predicted molar refractivity (Wildman–Crippen MR) is 102 cm³/mol. The highest BCUT2D eigenvalue weighted by Crippen LogP contribution is 2.32. The van der Waals surface area contributed by atoms with Gasteiger partial charge in [-0.25, -0.2) is 4.39 Å². The fourth-order valence-corrected chi connectivity index (χ4v) is 3.16. The molecule has 144 valence electrons. The quantitative estimate of drug-likeness (QED) is 0.579. The SMILES string of the molecule is O=C(NCc1ccc2c(c1)OCO2)c1ccn2c(-c3ccc(F)cc3)nnc2c1. The van der Waals surface area contributed by atoms with Crippen molar-refractivity contribution in [3.8, 4) is 22.9 Å². The van der Waals surface area contributed by atoms with Crippen LogP contribution in [-0.4, -0.2) is 27.3 Å². The van der Waals surface area contributed by atoms with Crippen molar-refractivity contribution in [2.45, 2.75) is 6.54 Å². The number of amides is 1. The fourth-order valence-electron chi connectivity index (χ4n) is 3.16. The van der Waals surface area contributed by atoms with E-state index in [9.17, 15) is 9.18 Å². The number of hydrogen-bond donors (Lipinski definition) is 1. The van der Waals surface area contributed by atoms with E-state index in [1.54, 1.807) is 34.9 Å². The molecule has 1 amide bonds. The fraction of sp³-hybridized carbons (Fsp3) is 0.0952. The van der Waals surface area contributed by atoms with Crippen LogP contribution in [0.25, 0.3) is 17.0 Å². The Morgan fingerprint density at radius 2 is 1.86 bits per heavy atom. The summed E-state index contributed by atoms with van der Waals surface area (Å²) < 4.78 is 25.5. The Bertz CT molecular complexity index is 1220. The minimum Gasteiger partial charge on any atom is -0.454 e. The zero-order valence-electron chi connectivity index (χ0n) is 15.1. The molecule has 1 N–H and O–H groups in total. The monoisotopic (exact) mass is 390 g/mol. The molecule has 0 radical (unpaired) electrons. The number of rotatable bonds is 4. The number of carbonyl (C=O) groups is 1. The van der Waals surface area contributed by atoms with Crippen LogP contribution in [0.1, 0.15) is 15.9 Å². The van der Waals surface area contributed by atoms with E-state index in [0.717, 1.165) is 11.1 Å². The number of fused-ring (bicyclic) bond motifs is 2. The summed E-state index contributed by atoms with van der Waals surface area (Å²) in [7, 11) is 0. The molecule has 1 aliphatic heterocycles. The second kappa shape index (κ2) is 6.90. The van der Waals surface area contributed by atoms with Crippen LogP contribution in [0.15, 0.2) is 60.8 Å². The zero-order valence-corrected chi connectivity index (χ0v) is 15.1. The number of nitrogens with zero attached hydrogens (tertiary/aromatic N) is 3. The Morgan fingerprint density at radius 3 is 2.72 bits per heavy atom. The van der Waals surface area contributed by atoms with Gasteiger partial charge in [0.05, 0.1) is 0 Å². The van der Waals surface area contributed by atoms with E-state index in [-0.39, 0.29) is 18.5 Å². The van der Waals surface area contributed by atoms with Crippen molar-refractivity contribution >= 4 is 11.6 Å². The summed E-state index contributed by atoms with van der Waals surface area (Å²) in [5.74, 6) is 1.41. The van der Waals surface area contributed by atoms with E-state index in [2.05, 4.69) is 15.5 Å². The lowest BCUT2D eigenvalue weighted by molar-refractivity contribution is 0.0951. The number of halogens is 1. The average molecular weight is 390 g/mol. The van der Waals surface area contributed by atoms with Crippen LogP contribution < -0.4 is 14.8 Å². The lowest BCUT2D eigenvalue weighted by Crippen LogP contribution is -2.22. The summed E-state index contributed by atoms with van der Waals surface area (Å²) in [6, 6.07) is 14.9. The molecule has 0 unspecified atom stereocenters. The Balaban J connectivity index is 1.33. The van der Waals surface area contributed by atoms with Crippen LogP contribution in [-0.2, 0) is 6.54 Å². The van der Waals surface area contributed by atoms with E-state index in [4.69, 9.17) is 9.47 Å². The molecule has 0 fully saturated rings. The Hall–Kier alpha value is -3.94. The van der Waals surface area contributed by atoms with Crippen molar-refractivity contribution in [3.05, 3.63) is 77.7 Å². The highest BCUT2D eigenvalue weighted by atomic mass is 19.1. The Labute approximate surface area is 164 Å². The lowest BCUT2D eigenvalue weighted by atomic mass is 10.2. The second-order valence-electron chi connectivity index (χ2n) is 6.54. The summed E-state index contributed by atoms with van der Waals surface area (Å²) in [6.07, 6.45) is 1.73. The first kappa shape index (κ1) is 17.2. The van der Waals surface area contributed by atoms with E-state index in [1.165, 1.54) is 12.1 Å². The lowest BCUT2D eigenvalue weighted by Gasteiger charge is -2.07. The van der Waals surface area contributed by atoms with Gasteiger partial charge in [0.25, 0.3) is 5.91 Å². The number of pyridine rings is 1. The maximum Gasteiger partial charge on any atom is 0.251 e. The maximum absolute atomic E-state index is 13.1. The molecule has 0 aliphatic carbocycles. The van der Waals surface area contributed by atoms with Gasteiger partial charge in [-0.1, -0.05) is 6.07 Å². The van der Waals surface area contributed by atoms with Crippen molar-refractivity contribution in [2.24, 2.45) is 0 Å². The molecule has 4 aromatic rings. The maximum atomic E-state index is 13.1. The van der Waals surface area contributed by atoms with Gasteiger partial charge in [0.2, 0.25) is 6.79 Å². The van der Waals surface area contributed by atoms with E-state index < -0.39 is 0 Å². The van der Waals surface area contributed by atoms with Gasteiger partial charge in [-0.05, 0) is 54.1 Å². The summed E-state index contributed by atoms with van der Waals surface area (Å²) >= 11 is 0. The normalized spacial score (nSPS) is 12.3. The number of ether oxygens (including phenoxy) is 2. The number of benzene rings is 2. The third kappa shape index (κ3) is 3.25. The van der Waals surface area contributed by atoms with Gasteiger partial charge in [0.1, 0.15) is 5.82 Å². The first-order chi connectivity index (χ1) is 14.2. The minimum absolute atomic E-state index is 0.212. The van der Waals surface area contributed by atoms with E-state index in [1.807, 2.05) is 18.2 Å². The molecule has 3 heterocycles. The molecule has 8 heteroatoms. The molecule has 0 saturated carbocycles. The largest absolute Gasteiger partial charge is 0.454 e. The molecule has 0 atom stereocenters. The van der Waals surface area contributed by atoms with Crippen LogP contribution in [0.4, 0.5) is 4.39 Å². The van der Waals surface area contributed by atoms with Gasteiger partial charge < -0.3 is 14.8 Å². The summed E-state index contributed by atoms with van der Waals surface area (Å²) in [6.45, 7) is 0.567. The Morgan fingerprint density at radius 1 is 1.03 bits per heavy atom. The third-order valence-electron chi connectivity index (χ3n) is 4.66. The molecule has 0 saturated heterocycles. The van der Waals surface area contributed by atoms with Crippen molar-refractivity contribution in [1.82, 2.24) is 19.9 Å². The van der Waals surface area contributed by atoms with Crippen molar-refractivity contribution < 1.29 is 18.7 Å². The van der Waals surface area contributed by atoms with Gasteiger partial charge in [-0.3, -0.25) is 9.20 Å². The molecule has 2 aromatic heterocycles. The zero-order chi connectivity index (χ0) is 19.8. The van der Waals surface area contributed by atoms with Crippen molar-refractivity contribution in [1.29, 1.82) is 0 Å². The molecule has 29 heavy (non-hydrogen) atoms. The first-order valence-corrected chi connectivity index (χ1v) is 8.95. The van der Waals surface area contributed by atoms with Gasteiger partial charge in [-0.15, -0.1) is 10.2 Å². The molecule has 5 rings (SSSR count). The van der Waals surface area contributed by atoms with Crippen LogP contribution in [0.5, 0.6) is 11.5 Å². The molecule has 1 aliphatic rings. The summed E-state index contributed by atoms with van der Waals surface area (Å²) in [5.41, 5.74) is 2.64. The van der Waals surface area contributed by atoms with Crippen molar-refractivity contribution in [3.63, 3.8) is 0 Å². The molecular weight excluding hydrogens is 375 g/mol. The highest BCUT2D eigenvalue weighted by molar-refractivity contribution is 5.95. The van der Waals surface area contributed by atoms with Crippen molar-refractivity contribution in [2.75, 3.05) is 6.79 Å². The number of aromatic nitrogens is 3. The van der Waals surface area contributed by atoms with Crippen LogP contribution in [0.2, 0.25) is 0 Å². The third-order valence-corrected chi connectivity index (χ3v) is 4.66. The number of hydrogen-bond acceptors (Lipinski definition) is 5. The standard InChI is InChI=1S/C21H15FN4O3/c22-16-4-2-14(3-5-16)20-25-24-19-10-15(7-8-26(19)20)21(27)23-11-13-1-6-17-18(9-13)29-12-28-17/h1-10H,11-12H2,(H,23,27). The summed E-state index contributed by atoms with van der Waals surface area (Å²) in [4.78, 5) is 12.5. The van der Waals surface area contributed by atoms with Crippen LogP contribution in [0, 0.1) is 5.82 Å². The molecule has 7 nitrogen and oxygen atoms in total. The van der Waals surface area contributed by atoms with Crippen LogP contribution >= 0.6 is 0 Å². The second-order valence-corrected chi connectivity index (χ2v) is 6.54. The Kier molecular flexibility index (Phi) is 4.09. The van der Waals surface area contributed by atoms with Gasteiger partial charge in [-0.2, -0.15) is 0 Å². The topological polar surface area (TPSA) is 77.8 Å². The van der Waals surface area contributed by atoms with Gasteiger partial charge in [0, 0.05) is 23.9 Å². The van der Waals surface area contributed by atoms with Gasteiger partial charge >= 0.3 is 0 Å². The molecule has 2 aromatic carbocycles. The highest BCUT2D eigenvalue weighted by Gasteiger charge is 2.15. The van der Waals surface area contributed by atoms with Gasteiger partial charge in [0.15, 0.2) is 23.0 Å². The molecular formula is C21H15FN4O3. The number of carbonyl (C=O) groups excluding carboxylic acids is 1.